The molecule has 1 fully saturated rings. The molecule has 24 heavy (non-hydrogen) atoms. The molecule has 3 heteroatoms. The van der Waals surface area contributed by atoms with Crippen LogP contribution in [0.1, 0.15) is 29.5 Å². The van der Waals surface area contributed by atoms with Crippen molar-refractivity contribution in [3.8, 4) is 11.8 Å². The molecule has 0 spiro atoms. The zero-order valence-electron chi connectivity index (χ0n) is 13.9. The first-order valence-corrected chi connectivity index (χ1v) is 8.74. The highest BCUT2D eigenvalue weighted by atomic mass is 35.5. The molecule has 3 rings (SSSR count). The van der Waals surface area contributed by atoms with Crippen LogP contribution in [-0.2, 0) is 5.60 Å². The van der Waals surface area contributed by atoms with Gasteiger partial charge in [0.05, 0.1) is 6.54 Å². The van der Waals surface area contributed by atoms with Crippen LogP contribution in [0, 0.1) is 18.8 Å². The van der Waals surface area contributed by atoms with Gasteiger partial charge in [-0.1, -0.05) is 71.5 Å². The fraction of sp³-hybridized carbons (Fsp3) is 0.333. The summed E-state index contributed by atoms with van der Waals surface area (Å²) in [5.41, 5.74) is 1.12. The van der Waals surface area contributed by atoms with Crippen molar-refractivity contribution in [3.05, 3.63) is 70.2 Å². The van der Waals surface area contributed by atoms with Gasteiger partial charge in [-0.15, -0.1) is 0 Å². The highest BCUT2D eigenvalue weighted by molar-refractivity contribution is 6.31. The molecule has 1 N–H and O–H groups in total. The maximum absolute atomic E-state index is 11.4. The highest BCUT2D eigenvalue weighted by Gasteiger charge is 2.31. The fourth-order valence-electron chi connectivity index (χ4n) is 3.06. The van der Waals surface area contributed by atoms with E-state index in [4.69, 9.17) is 11.6 Å². The average molecular weight is 340 g/mol. The zero-order valence-corrected chi connectivity index (χ0v) is 14.7. The molecule has 1 aliphatic heterocycles. The zero-order chi connectivity index (χ0) is 17.0. The molecular weight excluding hydrogens is 318 g/mol. The highest BCUT2D eigenvalue weighted by Crippen LogP contribution is 2.34. The lowest BCUT2D eigenvalue weighted by atomic mass is 9.86. The van der Waals surface area contributed by atoms with Gasteiger partial charge in [-0.25, -0.2) is 0 Å². The maximum atomic E-state index is 11.4. The van der Waals surface area contributed by atoms with Gasteiger partial charge in [0.25, 0.3) is 0 Å². The van der Waals surface area contributed by atoms with Crippen LogP contribution in [-0.4, -0.2) is 29.6 Å². The van der Waals surface area contributed by atoms with Crippen molar-refractivity contribution in [2.24, 2.45) is 0 Å². The minimum atomic E-state index is -1.40. The van der Waals surface area contributed by atoms with Crippen molar-refractivity contribution < 1.29 is 5.11 Å². The number of hydrogen-bond donors (Lipinski definition) is 1. The van der Waals surface area contributed by atoms with Crippen LogP contribution in [0.2, 0.25) is 5.02 Å². The number of halogens is 1. The summed E-state index contributed by atoms with van der Waals surface area (Å²) in [5, 5.41) is 11.9. The third kappa shape index (κ3) is 3.65. The van der Waals surface area contributed by atoms with E-state index in [1.807, 2.05) is 49.4 Å². The van der Waals surface area contributed by atoms with Crippen molar-refractivity contribution in [2.45, 2.75) is 25.4 Å². The number of aryl methyl sites for hydroxylation is 1. The predicted octanol–water partition coefficient (Wildman–Crippen LogP) is 3.98. The van der Waals surface area contributed by atoms with Crippen LogP contribution < -0.4 is 0 Å². The summed E-state index contributed by atoms with van der Waals surface area (Å²) in [5.74, 6) is 6.27. The van der Waals surface area contributed by atoms with E-state index < -0.39 is 5.60 Å². The SMILES string of the molecule is Cc1ccc(C(O)(C#CCN2CCCC2)c2ccccc2Cl)cc1. The number of nitrogens with zero attached hydrogens (tertiary/aromatic N) is 1. The molecule has 0 bridgehead atoms. The first kappa shape index (κ1) is 17.0. The summed E-state index contributed by atoms with van der Waals surface area (Å²) in [6.45, 7) is 4.88. The van der Waals surface area contributed by atoms with Gasteiger partial charge in [-0.2, -0.15) is 0 Å². The fourth-order valence-corrected chi connectivity index (χ4v) is 3.34. The molecule has 0 saturated carbocycles. The molecule has 1 atom stereocenters. The van der Waals surface area contributed by atoms with Crippen molar-refractivity contribution in [1.82, 2.24) is 4.90 Å². The van der Waals surface area contributed by atoms with Gasteiger partial charge >= 0.3 is 0 Å². The first-order chi connectivity index (χ1) is 11.6. The molecule has 2 aromatic carbocycles. The third-order valence-corrected chi connectivity index (χ3v) is 4.83. The summed E-state index contributed by atoms with van der Waals surface area (Å²) < 4.78 is 0. The minimum absolute atomic E-state index is 0.524. The van der Waals surface area contributed by atoms with Gasteiger partial charge in [-0.05, 0) is 38.9 Å². The largest absolute Gasteiger partial charge is 0.369 e. The summed E-state index contributed by atoms with van der Waals surface area (Å²) in [4.78, 5) is 2.31. The Morgan fingerprint density at radius 3 is 2.42 bits per heavy atom. The van der Waals surface area contributed by atoms with Crippen LogP contribution in [0.5, 0.6) is 0 Å². The van der Waals surface area contributed by atoms with Crippen LogP contribution in [0.4, 0.5) is 0 Å². The van der Waals surface area contributed by atoms with E-state index in [2.05, 4.69) is 16.7 Å². The van der Waals surface area contributed by atoms with Gasteiger partial charge in [0.1, 0.15) is 0 Å². The van der Waals surface area contributed by atoms with Crippen LogP contribution in [0.3, 0.4) is 0 Å². The molecule has 1 unspecified atom stereocenters. The summed E-state index contributed by atoms with van der Waals surface area (Å²) in [7, 11) is 0. The normalized spacial score (nSPS) is 17.1. The van der Waals surface area contributed by atoms with Gasteiger partial charge in [0.15, 0.2) is 5.60 Å². The van der Waals surface area contributed by atoms with Crippen molar-refractivity contribution in [1.29, 1.82) is 0 Å². The number of aliphatic hydroxyl groups is 1. The van der Waals surface area contributed by atoms with Crippen molar-refractivity contribution >= 4 is 11.6 Å². The molecule has 2 nitrogen and oxygen atoms in total. The molecule has 1 saturated heterocycles. The number of hydrogen-bond acceptors (Lipinski definition) is 2. The van der Waals surface area contributed by atoms with E-state index in [0.717, 1.165) is 24.2 Å². The Hall–Kier alpha value is -1.79. The number of rotatable bonds is 3. The molecule has 1 heterocycles. The Kier molecular flexibility index (Phi) is 5.26. The van der Waals surface area contributed by atoms with E-state index in [9.17, 15) is 5.11 Å². The van der Waals surface area contributed by atoms with Crippen molar-refractivity contribution in [2.75, 3.05) is 19.6 Å². The molecular formula is C21H22ClNO. The van der Waals surface area contributed by atoms with Gasteiger partial charge in [-0.3, -0.25) is 4.90 Å². The van der Waals surface area contributed by atoms with Gasteiger partial charge in [0, 0.05) is 16.1 Å². The average Bonchev–Trinajstić information content (AvgIpc) is 3.09. The Morgan fingerprint density at radius 2 is 1.75 bits per heavy atom. The van der Waals surface area contributed by atoms with Gasteiger partial charge < -0.3 is 5.11 Å². The van der Waals surface area contributed by atoms with Crippen LogP contribution in [0.25, 0.3) is 0 Å². The summed E-state index contributed by atoms with van der Waals surface area (Å²) in [6.07, 6.45) is 2.46. The van der Waals surface area contributed by atoms with E-state index in [1.165, 1.54) is 12.8 Å². The maximum Gasteiger partial charge on any atom is 0.178 e. The predicted molar refractivity (Wildman–Crippen MR) is 99.1 cm³/mol. The second kappa shape index (κ2) is 7.40. The standard InChI is InChI=1S/C21H22ClNO/c1-17-9-11-18(12-10-17)21(24,19-7-2-3-8-20(19)22)13-6-16-23-14-4-5-15-23/h2-3,7-12,24H,4-5,14-16H2,1H3. The lowest BCUT2D eigenvalue weighted by molar-refractivity contribution is 0.145. The second-order valence-electron chi connectivity index (χ2n) is 6.34. The first-order valence-electron chi connectivity index (χ1n) is 8.36. The Labute approximate surface area is 149 Å². The Morgan fingerprint density at radius 1 is 1.08 bits per heavy atom. The third-order valence-electron chi connectivity index (χ3n) is 4.50. The molecule has 0 aromatic heterocycles. The van der Waals surface area contributed by atoms with Crippen molar-refractivity contribution in [3.63, 3.8) is 0 Å². The topological polar surface area (TPSA) is 23.5 Å². The van der Waals surface area contributed by atoms with Crippen LogP contribution >= 0.6 is 11.6 Å². The monoisotopic (exact) mass is 339 g/mol. The minimum Gasteiger partial charge on any atom is -0.369 e. The van der Waals surface area contributed by atoms with E-state index in [0.29, 0.717) is 17.1 Å². The number of likely N-dealkylation sites (tertiary alicyclic amines) is 1. The van der Waals surface area contributed by atoms with E-state index >= 15 is 0 Å². The van der Waals surface area contributed by atoms with Gasteiger partial charge in [0.2, 0.25) is 0 Å². The Bertz CT molecular complexity index is 753. The molecule has 0 radical (unpaired) electrons. The lowest BCUT2D eigenvalue weighted by Gasteiger charge is -2.25. The summed E-state index contributed by atoms with van der Waals surface area (Å²) in [6, 6.07) is 15.2. The summed E-state index contributed by atoms with van der Waals surface area (Å²) >= 11 is 6.36. The Balaban J connectivity index is 1.98. The number of benzene rings is 2. The van der Waals surface area contributed by atoms with E-state index in [-0.39, 0.29) is 0 Å². The molecule has 0 amide bonds. The molecule has 1 aliphatic rings. The molecule has 2 aromatic rings. The van der Waals surface area contributed by atoms with Crippen LogP contribution in [0.15, 0.2) is 48.5 Å². The quantitative estimate of drug-likeness (QED) is 0.855. The molecule has 0 aliphatic carbocycles. The van der Waals surface area contributed by atoms with E-state index in [1.54, 1.807) is 6.07 Å². The second-order valence-corrected chi connectivity index (χ2v) is 6.75. The smallest absolute Gasteiger partial charge is 0.178 e. The lowest BCUT2D eigenvalue weighted by Crippen LogP contribution is -2.27. The molecule has 124 valence electrons.